The molecule has 1 amide bonds. The van der Waals surface area contributed by atoms with Gasteiger partial charge in [0.25, 0.3) is 0 Å². The number of hydrogen-bond donors (Lipinski definition) is 2. The van der Waals surface area contributed by atoms with Crippen LogP contribution in [0.1, 0.15) is 36.6 Å². The number of aryl methyl sites for hydroxylation is 1. The quantitative estimate of drug-likeness (QED) is 0.771. The first-order chi connectivity index (χ1) is 7.11. The molecule has 1 aromatic carbocycles. The lowest BCUT2D eigenvalue weighted by Crippen LogP contribution is -2.10. The van der Waals surface area contributed by atoms with Gasteiger partial charge in [-0.2, -0.15) is 0 Å². The zero-order valence-corrected chi connectivity index (χ0v) is 9.13. The van der Waals surface area contributed by atoms with Gasteiger partial charge in [0.2, 0.25) is 5.91 Å². The van der Waals surface area contributed by atoms with Crippen molar-refractivity contribution >= 4 is 11.6 Å². The first kappa shape index (κ1) is 10.2. The second-order valence-corrected chi connectivity index (χ2v) is 4.09. The molecule has 0 saturated carbocycles. The molecule has 0 saturated heterocycles. The third-order valence-electron chi connectivity index (χ3n) is 2.82. The number of carbonyl (C=O) groups is 1. The lowest BCUT2D eigenvalue weighted by molar-refractivity contribution is -0.115. The second kappa shape index (κ2) is 3.66. The molecular formula is C12H16N2O. The van der Waals surface area contributed by atoms with Crippen LogP contribution in [0, 0.1) is 0 Å². The average Bonchev–Trinajstić information content (AvgIpc) is 2.55. The molecule has 0 aliphatic carbocycles. The van der Waals surface area contributed by atoms with E-state index in [1.165, 1.54) is 5.56 Å². The Hall–Kier alpha value is -1.35. The normalized spacial score (nSPS) is 16.1. The standard InChI is InChI=1S/C12H16N2O/c1-3-8-4-9-6-11(15)14-12(9)10(5-8)7(2)13/h4-5,7H,3,6,13H2,1-2H3,(H,14,15). The fourth-order valence-corrected chi connectivity index (χ4v) is 2.01. The molecule has 0 aromatic heterocycles. The molecule has 0 radical (unpaired) electrons. The molecule has 15 heavy (non-hydrogen) atoms. The molecular weight excluding hydrogens is 188 g/mol. The molecule has 1 atom stereocenters. The summed E-state index contributed by atoms with van der Waals surface area (Å²) in [6, 6.07) is 4.15. The van der Waals surface area contributed by atoms with E-state index in [1.807, 2.05) is 6.92 Å². The van der Waals surface area contributed by atoms with Gasteiger partial charge in [-0.15, -0.1) is 0 Å². The van der Waals surface area contributed by atoms with Crippen LogP contribution in [0.2, 0.25) is 0 Å². The van der Waals surface area contributed by atoms with Crippen LogP contribution in [0.4, 0.5) is 5.69 Å². The van der Waals surface area contributed by atoms with E-state index < -0.39 is 0 Å². The minimum Gasteiger partial charge on any atom is -0.325 e. The molecule has 0 spiro atoms. The zero-order valence-electron chi connectivity index (χ0n) is 9.13. The van der Waals surface area contributed by atoms with Gasteiger partial charge in [-0.3, -0.25) is 4.79 Å². The van der Waals surface area contributed by atoms with Gasteiger partial charge in [0, 0.05) is 11.7 Å². The van der Waals surface area contributed by atoms with Crippen LogP contribution in [0.25, 0.3) is 0 Å². The van der Waals surface area contributed by atoms with Crippen molar-refractivity contribution in [3.63, 3.8) is 0 Å². The van der Waals surface area contributed by atoms with Crippen molar-refractivity contribution in [1.29, 1.82) is 0 Å². The van der Waals surface area contributed by atoms with Gasteiger partial charge in [0.15, 0.2) is 0 Å². The summed E-state index contributed by atoms with van der Waals surface area (Å²) in [5.74, 6) is 0.0696. The number of nitrogens with two attached hydrogens (primary N) is 1. The largest absolute Gasteiger partial charge is 0.325 e. The number of anilines is 1. The Bertz CT molecular complexity index is 410. The number of rotatable bonds is 2. The number of carbonyl (C=O) groups excluding carboxylic acids is 1. The third kappa shape index (κ3) is 1.75. The first-order valence-electron chi connectivity index (χ1n) is 5.33. The summed E-state index contributed by atoms with van der Waals surface area (Å²) in [7, 11) is 0. The predicted octanol–water partition coefficient (Wildman–Crippen LogP) is 1.76. The Kier molecular flexibility index (Phi) is 2.49. The molecule has 3 heteroatoms. The van der Waals surface area contributed by atoms with Gasteiger partial charge in [-0.1, -0.05) is 19.1 Å². The highest BCUT2D eigenvalue weighted by Crippen LogP contribution is 2.32. The smallest absolute Gasteiger partial charge is 0.228 e. The molecule has 1 aromatic rings. The van der Waals surface area contributed by atoms with Crippen LogP contribution in [0.5, 0.6) is 0 Å². The molecule has 2 rings (SSSR count). The average molecular weight is 204 g/mol. The maximum Gasteiger partial charge on any atom is 0.228 e. The van der Waals surface area contributed by atoms with E-state index >= 15 is 0 Å². The molecule has 1 unspecified atom stereocenters. The number of nitrogens with one attached hydrogen (secondary N) is 1. The lowest BCUT2D eigenvalue weighted by Gasteiger charge is -2.13. The highest BCUT2D eigenvalue weighted by Gasteiger charge is 2.22. The number of hydrogen-bond acceptors (Lipinski definition) is 2. The second-order valence-electron chi connectivity index (χ2n) is 4.09. The van der Waals surface area contributed by atoms with Gasteiger partial charge >= 0.3 is 0 Å². The summed E-state index contributed by atoms with van der Waals surface area (Å²) in [6.45, 7) is 4.05. The molecule has 0 fully saturated rings. The van der Waals surface area contributed by atoms with Gasteiger partial charge in [0.05, 0.1) is 6.42 Å². The highest BCUT2D eigenvalue weighted by molar-refractivity contribution is 6.00. The monoisotopic (exact) mass is 204 g/mol. The van der Waals surface area contributed by atoms with Crippen molar-refractivity contribution in [3.05, 3.63) is 28.8 Å². The van der Waals surface area contributed by atoms with E-state index in [9.17, 15) is 4.79 Å². The van der Waals surface area contributed by atoms with Crippen molar-refractivity contribution in [2.45, 2.75) is 32.7 Å². The van der Waals surface area contributed by atoms with Crippen LogP contribution in [-0.4, -0.2) is 5.91 Å². The van der Waals surface area contributed by atoms with E-state index in [4.69, 9.17) is 5.73 Å². The van der Waals surface area contributed by atoms with Crippen molar-refractivity contribution < 1.29 is 4.79 Å². The van der Waals surface area contributed by atoms with Crippen LogP contribution in [0.15, 0.2) is 12.1 Å². The summed E-state index contributed by atoms with van der Waals surface area (Å²) in [5, 5.41) is 2.88. The maximum atomic E-state index is 11.3. The zero-order chi connectivity index (χ0) is 11.0. The fraction of sp³-hybridized carbons (Fsp3) is 0.417. The van der Waals surface area contributed by atoms with Gasteiger partial charge in [-0.05, 0) is 30.0 Å². The van der Waals surface area contributed by atoms with Crippen molar-refractivity contribution in [1.82, 2.24) is 0 Å². The van der Waals surface area contributed by atoms with Crippen LogP contribution in [-0.2, 0) is 17.6 Å². The molecule has 3 nitrogen and oxygen atoms in total. The summed E-state index contributed by atoms with van der Waals surface area (Å²) in [6.07, 6.45) is 1.46. The predicted molar refractivity (Wildman–Crippen MR) is 60.8 cm³/mol. The molecule has 1 heterocycles. The third-order valence-corrected chi connectivity index (χ3v) is 2.82. The van der Waals surface area contributed by atoms with Crippen molar-refractivity contribution in [3.8, 4) is 0 Å². The Morgan fingerprint density at radius 2 is 2.27 bits per heavy atom. The van der Waals surface area contributed by atoms with Crippen LogP contribution >= 0.6 is 0 Å². The van der Waals surface area contributed by atoms with E-state index in [-0.39, 0.29) is 11.9 Å². The Labute approximate surface area is 89.7 Å². The van der Waals surface area contributed by atoms with Crippen molar-refractivity contribution in [2.24, 2.45) is 5.73 Å². The van der Waals surface area contributed by atoms with E-state index in [2.05, 4.69) is 24.4 Å². The van der Waals surface area contributed by atoms with E-state index in [0.717, 1.165) is 23.2 Å². The highest BCUT2D eigenvalue weighted by atomic mass is 16.1. The van der Waals surface area contributed by atoms with E-state index in [1.54, 1.807) is 0 Å². The molecule has 3 N–H and O–H groups in total. The summed E-state index contributed by atoms with van der Waals surface area (Å²) in [4.78, 5) is 11.3. The number of fused-ring (bicyclic) bond motifs is 1. The fourth-order valence-electron chi connectivity index (χ4n) is 2.01. The molecule has 1 aliphatic heterocycles. The molecule has 1 aliphatic rings. The Balaban J connectivity index is 2.54. The van der Waals surface area contributed by atoms with E-state index in [0.29, 0.717) is 6.42 Å². The first-order valence-corrected chi connectivity index (χ1v) is 5.33. The minimum absolute atomic E-state index is 0.0383. The Morgan fingerprint density at radius 1 is 1.53 bits per heavy atom. The molecule has 0 bridgehead atoms. The summed E-state index contributed by atoms with van der Waals surface area (Å²) >= 11 is 0. The van der Waals surface area contributed by atoms with Crippen molar-refractivity contribution in [2.75, 3.05) is 5.32 Å². The topological polar surface area (TPSA) is 55.1 Å². The van der Waals surface area contributed by atoms with Crippen LogP contribution < -0.4 is 11.1 Å². The maximum absolute atomic E-state index is 11.3. The SMILES string of the molecule is CCc1cc2c(c(C(C)N)c1)NC(=O)C2. The minimum atomic E-state index is -0.0383. The molecule has 80 valence electrons. The number of benzene rings is 1. The van der Waals surface area contributed by atoms with Gasteiger partial charge in [-0.25, -0.2) is 0 Å². The van der Waals surface area contributed by atoms with Gasteiger partial charge in [0.1, 0.15) is 0 Å². The number of amides is 1. The summed E-state index contributed by atoms with van der Waals surface area (Å²) in [5.41, 5.74) is 10.2. The lowest BCUT2D eigenvalue weighted by atomic mass is 9.98. The van der Waals surface area contributed by atoms with Gasteiger partial charge < -0.3 is 11.1 Å². The summed E-state index contributed by atoms with van der Waals surface area (Å²) < 4.78 is 0. The van der Waals surface area contributed by atoms with Crippen LogP contribution in [0.3, 0.4) is 0 Å². The Morgan fingerprint density at radius 3 is 2.87 bits per heavy atom.